The fraction of sp³-hybridized carbons (Fsp3) is 0.625. The molecule has 0 aromatic carbocycles. The van der Waals surface area contributed by atoms with Crippen molar-refractivity contribution in [2.24, 2.45) is 16.8 Å². The SMILES string of the molecule is O=C(NN1CCOCC1)C1CSC23CC=CCC2=NC=CC13. The van der Waals surface area contributed by atoms with Crippen LogP contribution in [0, 0.1) is 11.8 Å². The van der Waals surface area contributed by atoms with Crippen molar-refractivity contribution in [1.29, 1.82) is 0 Å². The molecule has 0 aromatic rings. The number of allylic oxidation sites excluding steroid dienone is 3. The van der Waals surface area contributed by atoms with Gasteiger partial charge in [-0.25, -0.2) is 5.01 Å². The van der Waals surface area contributed by atoms with E-state index in [2.05, 4.69) is 28.6 Å². The fourth-order valence-electron chi connectivity index (χ4n) is 3.81. The molecule has 3 unspecified atom stereocenters. The number of aliphatic imine (C=N–C) groups is 1. The van der Waals surface area contributed by atoms with E-state index in [4.69, 9.17) is 4.74 Å². The Morgan fingerprint density at radius 2 is 2.27 bits per heavy atom. The van der Waals surface area contributed by atoms with Crippen molar-refractivity contribution < 1.29 is 9.53 Å². The number of hydrazine groups is 1. The van der Waals surface area contributed by atoms with Crippen LogP contribution in [-0.4, -0.2) is 53.4 Å². The van der Waals surface area contributed by atoms with E-state index < -0.39 is 0 Å². The maximum absolute atomic E-state index is 12.7. The lowest BCUT2D eigenvalue weighted by Crippen LogP contribution is -2.52. The van der Waals surface area contributed by atoms with Gasteiger partial charge in [-0.3, -0.25) is 15.2 Å². The van der Waals surface area contributed by atoms with Crippen LogP contribution in [0.25, 0.3) is 0 Å². The highest BCUT2D eigenvalue weighted by Crippen LogP contribution is 2.53. The second-order valence-electron chi connectivity index (χ2n) is 6.21. The molecule has 1 amide bonds. The molecule has 4 rings (SSSR count). The number of ether oxygens (including phenoxy) is 1. The lowest BCUT2D eigenvalue weighted by Gasteiger charge is -2.39. The zero-order valence-corrected chi connectivity index (χ0v) is 13.3. The predicted molar refractivity (Wildman–Crippen MR) is 87.7 cm³/mol. The van der Waals surface area contributed by atoms with Gasteiger partial charge >= 0.3 is 0 Å². The van der Waals surface area contributed by atoms with Crippen LogP contribution in [0.15, 0.2) is 29.4 Å². The normalized spacial score (nSPS) is 37.4. The molecule has 1 aliphatic carbocycles. The van der Waals surface area contributed by atoms with Gasteiger partial charge in [0.05, 0.1) is 23.9 Å². The van der Waals surface area contributed by atoms with Crippen molar-refractivity contribution in [1.82, 2.24) is 10.4 Å². The summed E-state index contributed by atoms with van der Waals surface area (Å²) in [6.45, 7) is 2.92. The van der Waals surface area contributed by atoms with Crippen molar-refractivity contribution >= 4 is 23.4 Å². The number of carbonyl (C=O) groups excluding carboxylic acids is 1. The molecular formula is C16H21N3O2S. The van der Waals surface area contributed by atoms with E-state index in [-0.39, 0.29) is 22.5 Å². The predicted octanol–water partition coefficient (Wildman–Crippen LogP) is 1.39. The van der Waals surface area contributed by atoms with Crippen molar-refractivity contribution in [3.8, 4) is 0 Å². The molecular weight excluding hydrogens is 298 g/mol. The smallest absolute Gasteiger partial charge is 0.238 e. The highest BCUT2D eigenvalue weighted by molar-refractivity contribution is 8.01. The molecule has 5 nitrogen and oxygen atoms in total. The van der Waals surface area contributed by atoms with Gasteiger partial charge in [0.2, 0.25) is 5.91 Å². The van der Waals surface area contributed by atoms with E-state index in [0.717, 1.165) is 31.7 Å². The number of thioether (sulfide) groups is 1. The topological polar surface area (TPSA) is 53.9 Å². The van der Waals surface area contributed by atoms with Gasteiger partial charge in [-0.2, -0.15) is 0 Å². The number of amides is 1. The summed E-state index contributed by atoms with van der Waals surface area (Å²) in [7, 11) is 0. The Morgan fingerprint density at radius 1 is 1.41 bits per heavy atom. The lowest BCUT2D eigenvalue weighted by molar-refractivity contribution is -0.132. The summed E-state index contributed by atoms with van der Waals surface area (Å²) in [5, 5.41) is 1.99. The molecule has 118 valence electrons. The number of carbonyl (C=O) groups is 1. The van der Waals surface area contributed by atoms with Crippen LogP contribution in [0.3, 0.4) is 0 Å². The van der Waals surface area contributed by atoms with E-state index in [1.807, 2.05) is 23.0 Å². The Bertz CT molecular complexity index is 554. The van der Waals surface area contributed by atoms with Crippen LogP contribution < -0.4 is 5.43 Å². The average Bonchev–Trinajstić information content (AvgIpc) is 2.93. The third-order valence-corrected chi connectivity index (χ3v) is 6.74. The molecule has 3 aliphatic heterocycles. The Morgan fingerprint density at radius 3 is 3.14 bits per heavy atom. The summed E-state index contributed by atoms with van der Waals surface area (Å²) < 4.78 is 5.36. The molecule has 2 fully saturated rings. The number of hydrogen-bond acceptors (Lipinski definition) is 5. The van der Waals surface area contributed by atoms with Crippen molar-refractivity contribution in [2.45, 2.75) is 17.6 Å². The van der Waals surface area contributed by atoms with Gasteiger partial charge in [-0.05, 0) is 6.42 Å². The van der Waals surface area contributed by atoms with Gasteiger partial charge in [0.1, 0.15) is 0 Å². The first-order chi connectivity index (χ1) is 10.8. The molecule has 1 N–H and O–H groups in total. The Labute approximate surface area is 134 Å². The van der Waals surface area contributed by atoms with E-state index in [0.29, 0.717) is 13.2 Å². The van der Waals surface area contributed by atoms with E-state index in [9.17, 15) is 4.79 Å². The quantitative estimate of drug-likeness (QED) is 0.782. The number of rotatable bonds is 2. The summed E-state index contributed by atoms with van der Waals surface area (Å²) >= 11 is 1.92. The minimum Gasteiger partial charge on any atom is -0.379 e. The molecule has 0 aromatic heterocycles. The molecule has 0 radical (unpaired) electrons. The number of morpholine rings is 1. The van der Waals surface area contributed by atoms with Gasteiger partial charge in [0, 0.05) is 43.1 Å². The average molecular weight is 319 g/mol. The van der Waals surface area contributed by atoms with E-state index in [1.165, 1.54) is 5.71 Å². The number of hydrogen-bond donors (Lipinski definition) is 1. The maximum atomic E-state index is 12.7. The molecule has 4 aliphatic rings. The third kappa shape index (κ3) is 2.33. The standard InChI is InChI=1S/C16H21N3O2S/c20-15(18-19-7-9-21-10-8-19)12-11-22-16-5-2-1-3-14(16)17-6-4-13(12)16/h1-2,4,6,12-13H,3,5,7-11H2,(H,18,20). The van der Waals surface area contributed by atoms with Gasteiger partial charge in [-0.1, -0.05) is 18.2 Å². The first-order valence-corrected chi connectivity index (χ1v) is 8.94. The fourth-order valence-corrected chi connectivity index (χ4v) is 5.60. The summed E-state index contributed by atoms with van der Waals surface area (Å²) in [5.41, 5.74) is 4.34. The molecule has 1 spiro atoms. The summed E-state index contributed by atoms with van der Waals surface area (Å²) in [6.07, 6.45) is 10.4. The molecule has 0 saturated carbocycles. The van der Waals surface area contributed by atoms with Crippen molar-refractivity contribution in [2.75, 3.05) is 32.1 Å². The van der Waals surface area contributed by atoms with Crippen molar-refractivity contribution in [3.63, 3.8) is 0 Å². The highest BCUT2D eigenvalue weighted by Gasteiger charge is 2.54. The van der Waals surface area contributed by atoms with Crippen LogP contribution in [0.4, 0.5) is 0 Å². The zero-order chi connectivity index (χ0) is 15.0. The van der Waals surface area contributed by atoms with Gasteiger partial charge in [0.25, 0.3) is 0 Å². The lowest BCUT2D eigenvalue weighted by atomic mass is 9.73. The molecule has 2 saturated heterocycles. The zero-order valence-electron chi connectivity index (χ0n) is 12.5. The number of nitrogens with zero attached hydrogens (tertiary/aromatic N) is 2. The van der Waals surface area contributed by atoms with Crippen LogP contribution >= 0.6 is 11.8 Å². The third-order valence-electron chi connectivity index (χ3n) is 5.02. The molecule has 3 atom stereocenters. The summed E-state index contributed by atoms with van der Waals surface area (Å²) in [6, 6.07) is 0. The van der Waals surface area contributed by atoms with Crippen LogP contribution in [-0.2, 0) is 9.53 Å². The molecule has 6 heteroatoms. The molecule has 0 bridgehead atoms. The maximum Gasteiger partial charge on any atom is 0.238 e. The molecule has 3 heterocycles. The van der Waals surface area contributed by atoms with Crippen LogP contribution in [0.2, 0.25) is 0 Å². The largest absolute Gasteiger partial charge is 0.379 e. The first kappa shape index (κ1) is 14.5. The second kappa shape index (κ2) is 5.83. The Kier molecular flexibility index (Phi) is 3.84. The highest BCUT2D eigenvalue weighted by atomic mass is 32.2. The van der Waals surface area contributed by atoms with Crippen LogP contribution in [0.5, 0.6) is 0 Å². The van der Waals surface area contributed by atoms with Crippen LogP contribution in [0.1, 0.15) is 12.8 Å². The summed E-state index contributed by atoms with van der Waals surface area (Å²) in [4.78, 5) is 17.3. The minimum absolute atomic E-state index is 0.0243. The van der Waals surface area contributed by atoms with Gasteiger partial charge in [-0.15, -0.1) is 11.8 Å². The Balaban J connectivity index is 1.50. The monoisotopic (exact) mass is 319 g/mol. The van der Waals surface area contributed by atoms with Gasteiger partial charge in [0.15, 0.2) is 0 Å². The van der Waals surface area contributed by atoms with E-state index >= 15 is 0 Å². The minimum atomic E-state index is 0.0243. The van der Waals surface area contributed by atoms with E-state index in [1.54, 1.807) is 0 Å². The summed E-state index contributed by atoms with van der Waals surface area (Å²) in [5.74, 6) is 1.31. The Hall–Kier alpha value is -1.11. The molecule has 22 heavy (non-hydrogen) atoms. The second-order valence-corrected chi connectivity index (χ2v) is 7.56. The van der Waals surface area contributed by atoms with Crippen molar-refractivity contribution in [3.05, 3.63) is 24.4 Å². The first-order valence-electron chi connectivity index (χ1n) is 7.95. The van der Waals surface area contributed by atoms with Gasteiger partial charge < -0.3 is 4.74 Å². The number of nitrogens with one attached hydrogen (secondary N) is 1.